The fourth-order valence-corrected chi connectivity index (χ4v) is 7.81. The summed E-state index contributed by atoms with van der Waals surface area (Å²) in [6, 6.07) is 32.3. The molecule has 0 spiro atoms. The molecule has 4 aromatic carbocycles. The molecule has 7 rings (SSSR count). The van der Waals surface area contributed by atoms with E-state index >= 15 is 0 Å². The molecule has 1 unspecified atom stereocenters. The first-order chi connectivity index (χ1) is 26.8. The van der Waals surface area contributed by atoms with E-state index in [0.29, 0.717) is 0 Å². The molecule has 3 fully saturated rings. The fourth-order valence-electron chi connectivity index (χ4n) is 7.81. The Labute approximate surface area is 323 Å². The molecule has 5 atom stereocenters. The van der Waals surface area contributed by atoms with Gasteiger partial charge in [0.2, 0.25) is 5.91 Å². The number of carbonyl (C=O) groups excluding carboxylic acids is 3. The van der Waals surface area contributed by atoms with Crippen LogP contribution in [0.2, 0.25) is 0 Å². The van der Waals surface area contributed by atoms with Gasteiger partial charge in [-0.05, 0) is 65.4 Å². The van der Waals surface area contributed by atoms with Gasteiger partial charge in [0, 0.05) is 18.0 Å². The second-order valence-corrected chi connectivity index (χ2v) is 15.0. The highest BCUT2D eigenvalue weighted by atomic mass is 16.7. The molecule has 10 heteroatoms. The van der Waals surface area contributed by atoms with Crippen LogP contribution in [0.25, 0.3) is 11.1 Å². The van der Waals surface area contributed by atoms with Crippen LogP contribution in [-0.4, -0.2) is 64.6 Å². The van der Waals surface area contributed by atoms with Crippen LogP contribution in [0.1, 0.15) is 85.7 Å². The van der Waals surface area contributed by atoms with Crippen molar-refractivity contribution < 1.29 is 33.7 Å². The fraction of sp³-hybridized carbons (Fsp3) is 0.400. The van der Waals surface area contributed by atoms with Crippen LogP contribution in [0.4, 0.5) is 4.79 Å². The Hall–Kier alpha value is -4.87. The standard InChI is InChI=1S/C45H51N3O7/c1-31-40(28-47-23-8-3-2-4-9-24-47)54-44(55-42(31)36-17-15-32(29-49)16-18-36)37-21-19-35(20-22-37)38-14-10-13-34(25-38)27-48-41(50)26-39(43(48)51)46-45(52)53-30-33-11-6-5-7-12-33/h5-7,10-22,25,31,39-40,42,44,49H,2-4,8-9,23-24,26-30H2,1H3,(H,46,52)/t31-,39?,40+,42+,44+/m1/s1. The predicted molar refractivity (Wildman–Crippen MR) is 208 cm³/mol. The Balaban J connectivity index is 1.01. The Kier molecular flexibility index (Phi) is 12.7. The van der Waals surface area contributed by atoms with E-state index in [1.807, 2.05) is 91.0 Å². The first kappa shape index (κ1) is 38.4. The van der Waals surface area contributed by atoms with Crippen LogP contribution in [-0.2, 0) is 43.6 Å². The summed E-state index contributed by atoms with van der Waals surface area (Å²) < 4.78 is 18.8. The van der Waals surface area contributed by atoms with E-state index in [1.165, 1.54) is 37.0 Å². The molecular weight excluding hydrogens is 695 g/mol. The number of hydrogen-bond acceptors (Lipinski definition) is 8. The van der Waals surface area contributed by atoms with E-state index < -0.39 is 24.3 Å². The summed E-state index contributed by atoms with van der Waals surface area (Å²) in [6.45, 7) is 5.41. The lowest BCUT2D eigenvalue weighted by atomic mass is 9.89. The van der Waals surface area contributed by atoms with E-state index in [9.17, 15) is 19.5 Å². The largest absolute Gasteiger partial charge is 0.445 e. The lowest BCUT2D eigenvalue weighted by Gasteiger charge is -2.43. The molecule has 55 heavy (non-hydrogen) atoms. The number of aliphatic hydroxyl groups is 1. The van der Waals surface area contributed by atoms with Gasteiger partial charge in [-0.25, -0.2) is 4.79 Å². The lowest BCUT2D eigenvalue weighted by molar-refractivity contribution is -0.276. The predicted octanol–water partition coefficient (Wildman–Crippen LogP) is 7.46. The van der Waals surface area contributed by atoms with E-state index in [0.717, 1.165) is 58.6 Å². The second kappa shape index (κ2) is 18.2. The smallest absolute Gasteiger partial charge is 0.408 e. The number of hydrogen-bond donors (Lipinski definition) is 2. The molecule has 288 valence electrons. The molecule has 4 aromatic rings. The lowest BCUT2D eigenvalue weighted by Crippen LogP contribution is -2.45. The Bertz CT molecular complexity index is 1890. The third-order valence-electron chi connectivity index (χ3n) is 11.0. The first-order valence-corrected chi connectivity index (χ1v) is 19.6. The third kappa shape index (κ3) is 9.69. The van der Waals surface area contributed by atoms with Gasteiger partial charge in [-0.3, -0.25) is 14.5 Å². The number of benzene rings is 4. The number of nitrogens with zero attached hydrogens (tertiary/aromatic N) is 2. The van der Waals surface area contributed by atoms with Crippen LogP contribution < -0.4 is 5.32 Å². The van der Waals surface area contributed by atoms with Crippen LogP contribution in [0, 0.1) is 5.92 Å². The average Bonchev–Trinajstić information content (AvgIpc) is 3.46. The number of nitrogens with one attached hydrogen (secondary N) is 1. The van der Waals surface area contributed by atoms with Crippen molar-refractivity contribution in [3.8, 4) is 11.1 Å². The Morgan fingerprint density at radius 2 is 1.47 bits per heavy atom. The maximum Gasteiger partial charge on any atom is 0.408 e. The number of amides is 3. The molecular formula is C45H51N3O7. The van der Waals surface area contributed by atoms with Crippen molar-refractivity contribution in [1.82, 2.24) is 15.1 Å². The zero-order chi connectivity index (χ0) is 38.1. The van der Waals surface area contributed by atoms with Gasteiger partial charge in [0.15, 0.2) is 6.29 Å². The zero-order valence-electron chi connectivity index (χ0n) is 31.5. The molecule has 10 nitrogen and oxygen atoms in total. The number of alkyl carbamates (subject to hydrolysis) is 1. The summed E-state index contributed by atoms with van der Waals surface area (Å²) >= 11 is 0. The summed E-state index contributed by atoms with van der Waals surface area (Å²) in [5, 5.41) is 12.2. The van der Waals surface area contributed by atoms with Gasteiger partial charge >= 0.3 is 6.09 Å². The molecule has 0 aromatic heterocycles. The summed E-state index contributed by atoms with van der Waals surface area (Å²) in [7, 11) is 0. The third-order valence-corrected chi connectivity index (χ3v) is 11.0. The van der Waals surface area contributed by atoms with Crippen LogP contribution in [0.3, 0.4) is 0 Å². The number of carbonyl (C=O) groups is 3. The van der Waals surface area contributed by atoms with Crippen molar-refractivity contribution in [2.45, 2.75) is 89.7 Å². The van der Waals surface area contributed by atoms with Gasteiger partial charge in [-0.15, -0.1) is 0 Å². The van der Waals surface area contributed by atoms with Crippen molar-refractivity contribution in [1.29, 1.82) is 0 Å². The first-order valence-electron chi connectivity index (χ1n) is 19.6. The number of imide groups is 1. The molecule has 0 saturated carbocycles. The number of aliphatic hydroxyl groups excluding tert-OH is 1. The topological polar surface area (TPSA) is 118 Å². The summed E-state index contributed by atoms with van der Waals surface area (Å²) in [4.78, 5) is 42.3. The van der Waals surface area contributed by atoms with Crippen LogP contribution >= 0.6 is 0 Å². The maximum absolute atomic E-state index is 13.2. The SMILES string of the molecule is C[C@@H]1[C@H](CN2CCCCCCC2)O[C@H](c2ccc(-c3cccc(CN4C(=O)CC(NC(=O)OCc5ccccc5)C4=O)c3)cc2)O[C@@H]1c1ccc(CO)cc1. The minimum atomic E-state index is -0.966. The molecule has 3 amide bonds. The van der Waals surface area contributed by atoms with Crippen molar-refractivity contribution in [3.63, 3.8) is 0 Å². The van der Waals surface area contributed by atoms with Gasteiger partial charge in [-0.2, -0.15) is 0 Å². The van der Waals surface area contributed by atoms with Crippen molar-refractivity contribution in [2.75, 3.05) is 19.6 Å². The van der Waals surface area contributed by atoms with Gasteiger partial charge in [0.05, 0.1) is 31.8 Å². The zero-order valence-corrected chi connectivity index (χ0v) is 31.5. The highest BCUT2D eigenvalue weighted by Gasteiger charge is 2.40. The van der Waals surface area contributed by atoms with E-state index in [2.05, 4.69) is 29.3 Å². The molecule has 0 radical (unpaired) electrons. The van der Waals surface area contributed by atoms with Crippen molar-refractivity contribution in [3.05, 3.63) is 131 Å². The van der Waals surface area contributed by atoms with Crippen molar-refractivity contribution in [2.24, 2.45) is 5.92 Å². The maximum atomic E-state index is 13.2. The molecule has 3 saturated heterocycles. The summed E-state index contributed by atoms with van der Waals surface area (Å²) in [5.74, 6) is -0.676. The molecule has 3 aliphatic rings. The summed E-state index contributed by atoms with van der Waals surface area (Å²) in [6.07, 6.45) is 4.69. The van der Waals surface area contributed by atoms with E-state index in [1.54, 1.807) is 0 Å². The Morgan fingerprint density at radius 3 is 2.20 bits per heavy atom. The minimum absolute atomic E-state index is 0.000294. The quantitative estimate of drug-likeness (QED) is 0.152. The normalized spacial score (nSPS) is 23.6. The average molecular weight is 746 g/mol. The minimum Gasteiger partial charge on any atom is -0.445 e. The van der Waals surface area contributed by atoms with Gasteiger partial charge in [0.1, 0.15) is 12.6 Å². The van der Waals surface area contributed by atoms with Gasteiger partial charge < -0.3 is 29.5 Å². The number of rotatable bonds is 11. The number of likely N-dealkylation sites (tertiary alicyclic amines) is 2. The van der Waals surface area contributed by atoms with Crippen LogP contribution in [0.15, 0.2) is 103 Å². The highest BCUT2D eigenvalue weighted by molar-refractivity contribution is 6.06. The van der Waals surface area contributed by atoms with Gasteiger partial charge in [-0.1, -0.05) is 123 Å². The van der Waals surface area contributed by atoms with E-state index in [-0.39, 0.29) is 50.2 Å². The van der Waals surface area contributed by atoms with Crippen LogP contribution in [0.5, 0.6) is 0 Å². The molecule has 2 N–H and O–H groups in total. The molecule has 0 aliphatic carbocycles. The monoisotopic (exact) mass is 745 g/mol. The molecule has 3 heterocycles. The van der Waals surface area contributed by atoms with Gasteiger partial charge in [0.25, 0.3) is 5.91 Å². The number of ether oxygens (including phenoxy) is 3. The second-order valence-electron chi connectivity index (χ2n) is 15.0. The molecule has 0 bridgehead atoms. The molecule has 3 aliphatic heterocycles. The van der Waals surface area contributed by atoms with Crippen molar-refractivity contribution >= 4 is 17.9 Å². The van der Waals surface area contributed by atoms with E-state index in [4.69, 9.17) is 14.2 Å². The highest BCUT2D eigenvalue weighted by Crippen LogP contribution is 2.42. The summed E-state index contributed by atoms with van der Waals surface area (Å²) in [5.41, 5.74) is 6.41. The Morgan fingerprint density at radius 1 is 0.782 bits per heavy atom.